The summed E-state index contributed by atoms with van der Waals surface area (Å²) in [6, 6.07) is 13.6. The van der Waals surface area contributed by atoms with Crippen LogP contribution < -0.4 is 11.1 Å². The Bertz CT molecular complexity index is 849. The largest absolute Gasteiger partial charge is 0.365 e. The van der Waals surface area contributed by atoms with Crippen LogP contribution in [0.25, 0.3) is 0 Å². The van der Waals surface area contributed by atoms with Gasteiger partial charge in [0.15, 0.2) is 0 Å². The Morgan fingerprint density at radius 3 is 2.40 bits per heavy atom. The highest BCUT2D eigenvalue weighted by molar-refractivity contribution is 6.35. The minimum atomic E-state index is -0.916. The number of allylic oxidation sites excluding steroid dienone is 1. The van der Waals surface area contributed by atoms with Gasteiger partial charge in [-0.05, 0) is 29.3 Å². The van der Waals surface area contributed by atoms with Crippen molar-refractivity contribution < 1.29 is 9.59 Å². The van der Waals surface area contributed by atoms with E-state index in [-0.39, 0.29) is 17.8 Å². The number of primary amides is 1. The van der Waals surface area contributed by atoms with Crippen LogP contribution in [0.4, 0.5) is 0 Å². The zero-order valence-corrected chi connectivity index (χ0v) is 14.6. The van der Waals surface area contributed by atoms with Crippen LogP contribution in [0.15, 0.2) is 60.2 Å². The summed E-state index contributed by atoms with van der Waals surface area (Å²) in [5.74, 6) is -1.60. The average Bonchev–Trinajstić information content (AvgIpc) is 2.59. The lowest BCUT2D eigenvalue weighted by molar-refractivity contribution is -0.122. The average molecular weight is 376 g/mol. The summed E-state index contributed by atoms with van der Waals surface area (Å²) in [5.41, 5.74) is 6.18. The van der Waals surface area contributed by atoms with Gasteiger partial charge < -0.3 is 16.5 Å². The number of nitrogens with two attached hydrogens (primary N) is 1. The van der Waals surface area contributed by atoms with Crippen LogP contribution in [-0.4, -0.2) is 17.5 Å². The highest BCUT2D eigenvalue weighted by Gasteiger charge is 2.17. The molecule has 0 unspecified atom stereocenters. The van der Waals surface area contributed by atoms with Crippen molar-refractivity contribution in [3.63, 3.8) is 0 Å². The highest BCUT2D eigenvalue weighted by atomic mass is 35.5. The molecule has 2 amide bonds. The summed E-state index contributed by atoms with van der Waals surface area (Å²) in [6.45, 7) is 0.0954. The third-order valence-corrected chi connectivity index (χ3v) is 3.93. The first kappa shape index (κ1) is 18.7. The first-order valence-electron chi connectivity index (χ1n) is 7.26. The van der Waals surface area contributed by atoms with Crippen LogP contribution in [0, 0.1) is 5.41 Å². The van der Waals surface area contributed by atoms with Crippen LogP contribution in [0.1, 0.15) is 11.1 Å². The number of rotatable bonds is 6. The number of hydrogen-bond acceptors (Lipinski definition) is 3. The summed E-state index contributed by atoms with van der Waals surface area (Å²) in [6.07, 6.45) is 1.15. The van der Waals surface area contributed by atoms with Gasteiger partial charge in [-0.15, -0.1) is 0 Å². The molecule has 0 aliphatic heterocycles. The smallest absolute Gasteiger partial charge is 0.257 e. The van der Waals surface area contributed by atoms with Gasteiger partial charge in [0, 0.05) is 16.6 Å². The zero-order chi connectivity index (χ0) is 18.4. The van der Waals surface area contributed by atoms with Gasteiger partial charge in [0.1, 0.15) is 5.57 Å². The monoisotopic (exact) mass is 375 g/mol. The number of halogens is 2. The van der Waals surface area contributed by atoms with Gasteiger partial charge in [0.2, 0.25) is 0 Å². The highest BCUT2D eigenvalue weighted by Crippen LogP contribution is 2.20. The summed E-state index contributed by atoms with van der Waals surface area (Å²) >= 11 is 11.9. The molecular weight excluding hydrogens is 361 g/mol. The van der Waals surface area contributed by atoms with E-state index in [9.17, 15) is 9.59 Å². The molecule has 0 heterocycles. The third-order valence-electron chi connectivity index (χ3n) is 3.34. The first-order chi connectivity index (χ1) is 11.9. The summed E-state index contributed by atoms with van der Waals surface area (Å²) in [7, 11) is 0. The van der Waals surface area contributed by atoms with Gasteiger partial charge in [-0.25, -0.2) is 0 Å². The van der Waals surface area contributed by atoms with E-state index in [4.69, 9.17) is 34.3 Å². The van der Waals surface area contributed by atoms with E-state index < -0.39 is 11.8 Å². The van der Waals surface area contributed by atoms with E-state index in [1.165, 1.54) is 0 Å². The van der Waals surface area contributed by atoms with E-state index in [1.807, 2.05) is 0 Å². The van der Waals surface area contributed by atoms with Gasteiger partial charge in [-0.3, -0.25) is 9.59 Å². The second-order valence-electron chi connectivity index (χ2n) is 5.12. The van der Waals surface area contributed by atoms with E-state index in [1.54, 1.807) is 48.5 Å². The molecule has 25 heavy (non-hydrogen) atoms. The molecule has 7 heteroatoms. The van der Waals surface area contributed by atoms with Crippen LogP contribution >= 0.6 is 23.2 Å². The maximum Gasteiger partial charge on any atom is 0.257 e. The molecule has 0 atom stereocenters. The maximum atomic E-state index is 12.3. The Morgan fingerprint density at radius 2 is 1.80 bits per heavy atom. The Labute approximate surface area is 154 Å². The molecule has 0 radical (unpaired) electrons. The minimum Gasteiger partial charge on any atom is -0.365 e. The SMILES string of the molecule is N=C(/C=C(\C(N)=O)C(=O)NCc1ccc(Cl)cc1Cl)c1ccccc1. The molecule has 2 rings (SSSR count). The Hall–Kier alpha value is -2.63. The molecule has 0 bridgehead atoms. The van der Waals surface area contributed by atoms with Crippen molar-refractivity contribution in [1.82, 2.24) is 5.32 Å². The lowest BCUT2D eigenvalue weighted by atomic mass is 10.1. The van der Waals surface area contributed by atoms with Crippen molar-refractivity contribution in [2.75, 3.05) is 0 Å². The fraction of sp³-hybridized carbons (Fsp3) is 0.0556. The molecule has 2 aromatic rings. The number of benzene rings is 2. The predicted octanol–water partition coefficient (Wildman–Crippen LogP) is 3.09. The standard InChI is InChI=1S/C18H15Cl2N3O2/c19-13-7-6-12(15(20)8-13)10-23-18(25)14(17(22)24)9-16(21)11-4-2-1-3-5-11/h1-9,21H,10H2,(H2,22,24)(H,23,25)/b14-9+,21-16?. The normalized spacial score (nSPS) is 11.0. The van der Waals surface area contributed by atoms with Crippen molar-refractivity contribution >= 4 is 40.7 Å². The van der Waals surface area contributed by atoms with Crippen LogP contribution in [0.5, 0.6) is 0 Å². The molecule has 0 aromatic heterocycles. The number of nitrogens with one attached hydrogen (secondary N) is 2. The second kappa shape index (κ2) is 8.46. The van der Waals surface area contributed by atoms with Crippen LogP contribution in [0.3, 0.4) is 0 Å². The summed E-state index contributed by atoms with van der Waals surface area (Å²) in [4.78, 5) is 23.8. The van der Waals surface area contributed by atoms with E-state index in [0.29, 0.717) is 21.2 Å². The number of carbonyl (C=O) groups excluding carboxylic acids is 2. The molecule has 4 N–H and O–H groups in total. The molecular formula is C18H15Cl2N3O2. The molecule has 0 saturated heterocycles. The second-order valence-corrected chi connectivity index (χ2v) is 5.96. The number of hydrogen-bond donors (Lipinski definition) is 3. The molecule has 0 aliphatic rings. The zero-order valence-electron chi connectivity index (χ0n) is 13.1. The van der Waals surface area contributed by atoms with Gasteiger partial charge in [0.05, 0.1) is 5.71 Å². The molecule has 0 saturated carbocycles. The van der Waals surface area contributed by atoms with Crippen LogP contribution in [-0.2, 0) is 16.1 Å². The molecule has 5 nitrogen and oxygen atoms in total. The lowest BCUT2D eigenvalue weighted by Gasteiger charge is -2.09. The molecule has 0 aliphatic carbocycles. The van der Waals surface area contributed by atoms with Crippen molar-refractivity contribution in [3.8, 4) is 0 Å². The predicted molar refractivity (Wildman–Crippen MR) is 98.9 cm³/mol. The Kier molecular flexibility index (Phi) is 6.33. The molecule has 0 spiro atoms. The van der Waals surface area contributed by atoms with Gasteiger partial charge in [0.25, 0.3) is 11.8 Å². The van der Waals surface area contributed by atoms with Crippen LogP contribution in [0.2, 0.25) is 10.0 Å². The molecule has 0 fully saturated rings. The third kappa shape index (κ3) is 5.17. The van der Waals surface area contributed by atoms with E-state index in [0.717, 1.165) is 6.08 Å². The van der Waals surface area contributed by atoms with Crippen molar-refractivity contribution in [3.05, 3.63) is 81.4 Å². The quantitative estimate of drug-likeness (QED) is 0.313. The maximum absolute atomic E-state index is 12.3. The fourth-order valence-corrected chi connectivity index (χ4v) is 2.51. The van der Waals surface area contributed by atoms with Crippen molar-refractivity contribution in [1.29, 1.82) is 5.41 Å². The number of amides is 2. The van der Waals surface area contributed by atoms with Gasteiger partial charge in [-0.1, -0.05) is 59.6 Å². The Balaban J connectivity index is 2.14. The van der Waals surface area contributed by atoms with E-state index >= 15 is 0 Å². The summed E-state index contributed by atoms with van der Waals surface area (Å²) in [5, 5.41) is 11.4. The fourth-order valence-electron chi connectivity index (χ4n) is 2.03. The van der Waals surface area contributed by atoms with Crippen molar-refractivity contribution in [2.45, 2.75) is 6.54 Å². The van der Waals surface area contributed by atoms with Crippen molar-refractivity contribution in [2.24, 2.45) is 5.73 Å². The number of carbonyl (C=O) groups is 2. The molecule has 128 valence electrons. The van der Waals surface area contributed by atoms with Gasteiger partial charge in [-0.2, -0.15) is 0 Å². The lowest BCUT2D eigenvalue weighted by Crippen LogP contribution is -2.32. The van der Waals surface area contributed by atoms with E-state index in [2.05, 4.69) is 5.32 Å². The topological polar surface area (TPSA) is 96.0 Å². The summed E-state index contributed by atoms with van der Waals surface area (Å²) < 4.78 is 0. The van der Waals surface area contributed by atoms with Gasteiger partial charge >= 0.3 is 0 Å². The first-order valence-corrected chi connectivity index (χ1v) is 8.01. The Morgan fingerprint density at radius 1 is 1.12 bits per heavy atom. The molecule has 2 aromatic carbocycles. The minimum absolute atomic E-state index is 0.00840.